The molecule has 16 heavy (non-hydrogen) atoms. The first kappa shape index (κ1) is 11.9. The minimum atomic E-state index is 0.776. The van der Waals surface area contributed by atoms with E-state index in [2.05, 4.69) is 27.3 Å². The van der Waals surface area contributed by atoms with Crippen LogP contribution in [-0.4, -0.2) is 20.2 Å². The molecule has 1 heterocycles. The van der Waals surface area contributed by atoms with E-state index < -0.39 is 0 Å². The summed E-state index contributed by atoms with van der Waals surface area (Å²) in [7, 11) is 1.70. The van der Waals surface area contributed by atoms with Crippen LogP contribution < -0.4 is 10.1 Å². The van der Waals surface area contributed by atoms with Crippen molar-refractivity contribution >= 4 is 15.9 Å². The van der Waals surface area contributed by atoms with E-state index in [4.69, 9.17) is 4.74 Å². The zero-order valence-electron chi connectivity index (χ0n) is 9.63. The largest absolute Gasteiger partial charge is 0.497 e. The van der Waals surface area contributed by atoms with Gasteiger partial charge in [-0.3, -0.25) is 0 Å². The van der Waals surface area contributed by atoms with Crippen molar-refractivity contribution < 1.29 is 4.74 Å². The molecule has 2 nitrogen and oxygen atoms in total. The maximum Gasteiger partial charge on any atom is 0.120 e. The molecular weight excluding hydrogens is 266 g/mol. The van der Waals surface area contributed by atoms with E-state index in [1.807, 2.05) is 12.1 Å². The van der Waals surface area contributed by atoms with E-state index in [1.165, 1.54) is 24.9 Å². The van der Waals surface area contributed by atoms with Gasteiger partial charge in [-0.2, -0.15) is 0 Å². The summed E-state index contributed by atoms with van der Waals surface area (Å²) < 4.78 is 6.36. The second-order valence-electron chi connectivity index (χ2n) is 4.37. The highest BCUT2D eigenvalue weighted by Gasteiger charge is 2.14. The molecule has 2 rings (SSSR count). The third kappa shape index (κ3) is 2.98. The molecule has 0 spiro atoms. The molecule has 1 atom stereocenters. The summed E-state index contributed by atoms with van der Waals surface area (Å²) >= 11 is 3.61. The zero-order valence-corrected chi connectivity index (χ0v) is 11.2. The minimum Gasteiger partial charge on any atom is -0.497 e. The Bertz CT molecular complexity index is 348. The highest BCUT2D eigenvalue weighted by molar-refractivity contribution is 9.10. The summed E-state index contributed by atoms with van der Waals surface area (Å²) in [6, 6.07) is 6.25. The summed E-state index contributed by atoms with van der Waals surface area (Å²) in [5, 5.41) is 3.46. The smallest absolute Gasteiger partial charge is 0.120 e. The van der Waals surface area contributed by atoms with E-state index in [1.54, 1.807) is 7.11 Å². The van der Waals surface area contributed by atoms with Crippen LogP contribution in [0.3, 0.4) is 0 Å². The molecule has 0 bridgehead atoms. The second-order valence-corrected chi connectivity index (χ2v) is 5.23. The van der Waals surface area contributed by atoms with Gasteiger partial charge in [0.15, 0.2) is 0 Å². The molecule has 0 aliphatic carbocycles. The molecule has 1 fully saturated rings. The van der Waals surface area contributed by atoms with Crippen LogP contribution in [0.15, 0.2) is 22.7 Å². The van der Waals surface area contributed by atoms with Crippen LogP contribution in [0.1, 0.15) is 18.4 Å². The lowest BCUT2D eigenvalue weighted by Gasteiger charge is -2.23. The number of halogens is 1. The van der Waals surface area contributed by atoms with Crippen LogP contribution in [0.2, 0.25) is 0 Å². The van der Waals surface area contributed by atoms with Crippen LogP contribution in [0.4, 0.5) is 0 Å². The van der Waals surface area contributed by atoms with Crippen molar-refractivity contribution in [2.75, 3.05) is 20.2 Å². The number of ether oxygens (including phenoxy) is 1. The van der Waals surface area contributed by atoms with E-state index in [0.29, 0.717) is 0 Å². The van der Waals surface area contributed by atoms with Crippen molar-refractivity contribution in [2.24, 2.45) is 5.92 Å². The van der Waals surface area contributed by atoms with Crippen molar-refractivity contribution in [3.63, 3.8) is 0 Å². The number of rotatable bonds is 3. The van der Waals surface area contributed by atoms with Gasteiger partial charge in [-0.05, 0) is 56.0 Å². The average Bonchev–Trinajstić information content (AvgIpc) is 2.33. The van der Waals surface area contributed by atoms with Crippen LogP contribution >= 0.6 is 15.9 Å². The molecule has 3 heteroatoms. The fraction of sp³-hybridized carbons (Fsp3) is 0.538. The van der Waals surface area contributed by atoms with Gasteiger partial charge in [0.25, 0.3) is 0 Å². The van der Waals surface area contributed by atoms with Crippen LogP contribution in [0.5, 0.6) is 5.75 Å². The number of benzene rings is 1. The zero-order chi connectivity index (χ0) is 11.4. The maximum atomic E-state index is 5.20. The molecule has 0 aromatic heterocycles. The molecule has 1 aliphatic heterocycles. The Morgan fingerprint density at radius 1 is 1.50 bits per heavy atom. The Labute approximate surface area is 106 Å². The van der Waals surface area contributed by atoms with Crippen molar-refractivity contribution in [1.29, 1.82) is 0 Å². The number of hydrogen-bond donors (Lipinski definition) is 1. The maximum absolute atomic E-state index is 5.20. The molecule has 1 unspecified atom stereocenters. The number of hydrogen-bond acceptors (Lipinski definition) is 2. The Kier molecular flexibility index (Phi) is 4.24. The van der Waals surface area contributed by atoms with Gasteiger partial charge in [-0.25, -0.2) is 0 Å². The second kappa shape index (κ2) is 5.69. The fourth-order valence-electron chi connectivity index (χ4n) is 2.23. The predicted molar refractivity (Wildman–Crippen MR) is 70.0 cm³/mol. The van der Waals surface area contributed by atoms with Crippen molar-refractivity contribution in [1.82, 2.24) is 5.32 Å². The van der Waals surface area contributed by atoms with Gasteiger partial charge in [0.05, 0.1) is 7.11 Å². The predicted octanol–water partition coefficient (Wildman–Crippen LogP) is 3.00. The van der Waals surface area contributed by atoms with E-state index >= 15 is 0 Å². The third-order valence-electron chi connectivity index (χ3n) is 3.17. The Morgan fingerprint density at radius 3 is 3.00 bits per heavy atom. The lowest BCUT2D eigenvalue weighted by molar-refractivity contribution is 0.375. The quantitative estimate of drug-likeness (QED) is 0.921. The molecular formula is C13H18BrNO. The lowest BCUT2D eigenvalue weighted by atomic mass is 9.92. The first-order valence-corrected chi connectivity index (χ1v) is 6.62. The molecule has 1 aliphatic rings. The van der Waals surface area contributed by atoms with Gasteiger partial charge in [-0.15, -0.1) is 0 Å². The standard InChI is InChI=1S/C13H18BrNO/c1-16-12-5-4-11(13(14)8-12)7-10-3-2-6-15-9-10/h4-5,8,10,15H,2-3,6-7,9H2,1H3. The summed E-state index contributed by atoms with van der Waals surface area (Å²) in [5.74, 6) is 1.69. The summed E-state index contributed by atoms with van der Waals surface area (Å²) in [4.78, 5) is 0. The molecule has 1 aromatic carbocycles. The third-order valence-corrected chi connectivity index (χ3v) is 3.91. The van der Waals surface area contributed by atoms with Crippen molar-refractivity contribution in [3.8, 4) is 5.75 Å². The Morgan fingerprint density at radius 2 is 2.38 bits per heavy atom. The van der Waals surface area contributed by atoms with Gasteiger partial charge >= 0.3 is 0 Å². The van der Waals surface area contributed by atoms with E-state index in [-0.39, 0.29) is 0 Å². The first-order valence-electron chi connectivity index (χ1n) is 5.82. The summed E-state index contributed by atoms with van der Waals surface area (Å²) in [6.45, 7) is 2.33. The first-order chi connectivity index (χ1) is 7.79. The molecule has 0 radical (unpaired) electrons. The van der Waals surface area contributed by atoms with Crippen LogP contribution in [0, 0.1) is 5.92 Å². The summed E-state index contributed by atoms with van der Waals surface area (Å²) in [6.07, 6.45) is 3.79. The van der Waals surface area contributed by atoms with Gasteiger partial charge in [0, 0.05) is 4.47 Å². The number of piperidine rings is 1. The minimum absolute atomic E-state index is 0.776. The van der Waals surface area contributed by atoms with Crippen molar-refractivity contribution in [3.05, 3.63) is 28.2 Å². The number of nitrogens with one attached hydrogen (secondary N) is 1. The molecule has 1 aromatic rings. The number of methoxy groups -OCH3 is 1. The highest BCUT2D eigenvalue weighted by atomic mass is 79.9. The van der Waals surface area contributed by atoms with Gasteiger partial charge in [0.1, 0.15) is 5.75 Å². The summed E-state index contributed by atoms with van der Waals surface area (Å²) in [5.41, 5.74) is 1.38. The van der Waals surface area contributed by atoms with E-state index in [9.17, 15) is 0 Å². The normalized spacial score (nSPS) is 20.8. The average molecular weight is 284 g/mol. The van der Waals surface area contributed by atoms with Gasteiger partial charge in [0.2, 0.25) is 0 Å². The molecule has 0 saturated carbocycles. The SMILES string of the molecule is COc1ccc(CC2CCCNC2)c(Br)c1. The Balaban J connectivity index is 2.03. The molecule has 1 saturated heterocycles. The van der Waals surface area contributed by atoms with E-state index in [0.717, 1.165) is 29.1 Å². The van der Waals surface area contributed by atoms with Gasteiger partial charge < -0.3 is 10.1 Å². The Hall–Kier alpha value is -0.540. The van der Waals surface area contributed by atoms with Crippen LogP contribution in [-0.2, 0) is 6.42 Å². The monoisotopic (exact) mass is 283 g/mol. The van der Waals surface area contributed by atoms with Crippen molar-refractivity contribution in [2.45, 2.75) is 19.3 Å². The molecule has 88 valence electrons. The molecule has 1 N–H and O–H groups in total. The topological polar surface area (TPSA) is 21.3 Å². The lowest BCUT2D eigenvalue weighted by Crippen LogP contribution is -2.30. The van der Waals surface area contributed by atoms with Crippen LogP contribution in [0.25, 0.3) is 0 Å². The molecule has 0 amide bonds. The van der Waals surface area contributed by atoms with Gasteiger partial charge in [-0.1, -0.05) is 22.0 Å². The fourth-order valence-corrected chi connectivity index (χ4v) is 2.75. The highest BCUT2D eigenvalue weighted by Crippen LogP contribution is 2.26.